The second kappa shape index (κ2) is 4.13. The number of benzene rings is 1. The molecule has 3 rings (SSSR count). The van der Waals surface area contributed by atoms with Gasteiger partial charge in [0.1, 0.15) is 5.01 Å². The number of imidazole rings is 1. The van der Waals surface area contributed by atoms with Crippen molar-refractivity contribution >= 4 is 34.0 Å². The average molecular weight is 264 g/mol. The molecule has 17 heavy (non-hydrogen) atoms. The molecule has 3 aromatic rings. The molecular weight excluding hydrogens is 254 g/mol. The highest BCUT2D eigenvalue weighted by molar-refractivity contribution is 7.10. The van der Waals surface area contributed by atoms with Crippen LogP contribution >= 0.6 is 22.9 Å². The Balaban J connectivity index is 2.11. The molecule has 0 saturated heterocycles. The summed E-state index contributed by atoms with van der Waals surface area (Å²) in [6.45, 7) is 0. The van der Waals surface area contributed by atoms with Crippen LogP contribution in [0.25, 0.3) is 22.3 Å². The van der Waals surface area contributed by atoms with Crippen molar-refractivity contribution in [2.24, 2.45) is 7.05 Å². The number of aromatic nitrogens is 3. The maximum atomic E-state index is 5.76. The van der Waals surface area contributed by atoms with Gasteiger partial charge in [0.25, 0.3) is 0 Å². The van der Waals surface area contributed by atoms with E-state index in [2.05, 4.69) is 28.2 Å². The summed E-state index contributed by atoms with van der Waals surface area (Å²) in [5, 5.41) is 2.98. The molecule has 0 atom stereocenters. The Bertz CT molecular complexity index is 671. The predicted octanol–water partition coefficient (Wildman–Crippen LogP) is 3.44. The van der Waals surface area contributed by atoms with E-state index in [9.17, 15) is 0 Å². The van der Waals surface area contributed by atoms with E-state index in [1.54, 1.807) is 11.3 Å². The molecule has 2 heterocycles. The minimum Gasteiger partial charge on any atom is -0.334 e. The van der Waals surface area contributed by atoms with E-state index in [1.807, 2.05) is 23.3 Å². The lowest BCUT2D eigenvalue weighted by Crippen LogP contribution is -1.84. The van der Waals surface area contributed by atoms with Gasteiger partial charge in [-0.05, 0) is 12.1 Å². The quantitative estimate of drug-likeness (QED) is 0.663. The van der Waals surface area contributed by atoms with E-state index in [4.69, 9.17) is 11.6 Å². The van der Waals surface area contributed by atoms with Crippen LogP contribution in [0.5, 0.6) is 0 Å². The molecule has 0 fully saturated rings. The highest BCUT2D eigenvalue weighted by Crippen LogP contribution is 2.25. The fourth-order valence-corrected chi connectivity index (χ4v) is 2.70. The predicted molar refractivity (Wildman–Crippen MR) is 71.4 cm³/mol. The third-order valence-electron chi connectivity index (χ3n) is 2.69. The van der Waals surface area contributed by atoms with Gasteiger partial charge >= 0.3 is 0 Å². The van der Waals surface area contributed by atoms with Gasteiger partial charge in [-0.25, -0.2) is 9.97 Å². The zero-order valence-electron chi connectivity index (χ0n) is 9.22. The van der Waals surface area contributed by atoms with Gasteiger partial charge in [0.2, 0.25) is 0 Å². The summed E-state index contributed by atoms with van der Waals surface area (Å²) >= 11 is 7.34. The van der Waals surface area contributed by atoms with Gasteiger partial charge in [0.05, 0.1) is 28.9 Å². The number of aryl methyl sites for hydroxylation is 1. The van der Waals surface area contributed by atoms with E-state index in [0.717, 1.165) is 27.3 Å². The summed E-state index contributed by atoms with van der Waals surface area (Å²) in [6.07, 6.45) is 1.82. The number of fused-ring (bicyclic) bond motifs is 1. The normalized spacial score (nSPS) is 11.2. The molecule has 0 bridgehead atoms. The molecule has 2 aromatic heterocycles. The molecule has 0 aliphatic heterocycles. The first-order valence-corrected chi connectivity index (χ1v) is 6.61. The lowest BCUT2D eigenvalue weighted by molar-refractivity contribution is 0.948. The number of thiazole rings is 1. The molecule has 0 N–H and O–H groups in total. The van der Waals surface area contributed by atoms with Gasteiger partial charge in [-0.15, -0.1) is 22.9 Å². The van der Waals surface area contributed by atoms with E-state index < -0.39 is 0 Å². The topological polar surface area (TPSA) is 30.7 Å². The maximum Gasteiger partial charge on any atom is 0.108 e. The van der Waals surface area contributed by atoms with Crippen LogP contribution in [0.4, 0.5) is 0 Å². The largest absolute Gasteiger partial charge is 0.334 e. The smallest absolute Gasteiger partial charge is 0.108 e. The van der Waals surface area contributed by atoms with Gasteiger partial charge in [0, 0.05) is 18.0 Å². The number of hydrogen-bond acceptors (Lipinski definition) is 3. The lowest BCUT2D eigenvalue weighted by Gasteiger charge is -1.98. The second-order valence-corrected chi connectivity index (χ2v) is 5.03. The van der Waals surface area contributed by atoms with Gasteiger partial charge in [-0.1, -0.05) is 6.07 Å². The molecule has 0 aliphatic rings. The van der Waals surface area contributed by atoms with E-state index in [-0.39, 0.29) is 0 Å². The minimum atomic E-state index is 0.469. The highest BCUT2D eigenvalue weighted by Gasteiger charge is 2.06. The van der Waals surface area contributed by atoms with Gasteiger partial charge in [-0.2, -0.15) is 0 Å². The second-order valence-electron chi connectivity index (χ2n) is 3.82. The van der Waals surface area contributed by atoms with Crippen LogP contribution in [-0.4, -0.2) is 14.5 Å². The molecule has 0 radical (unpaired) electrons. The minimum absolute atomic E-state index is 0.469. The third-order valence-corrected chi connectivity index (χ3v) is 3.95. The summed E-state index contributed by atoms with van der Waals surface area (Å²) in [6, 6.07) is 6.19. The maximum absolute atomic E-state index is 5.76. The zero-order valence-corrected chi connectivity index (χ0v) is 10.8. The molecule has 5 heteroatoms. The first-order chi connectivity index (χ1) is 8.28. The summed E-state index contributed by atoms with van der Waals surface area (Å²) in [5.74, 6) is 0.469. The SMILES string of the molecule is Cn1cnc2cc(-c3csc(CCl)n3)ccc21. The number of alkyl halides is 1. The van der Waals surface area contributed by atoms with Crippen LogP contribution in [0.3, 0.4) is 0 Å². The average Bonchev–Trinajstić information content (AvgIpc) is 2.96. The van der Waals surface area contributed by atoms with E-state index in [1.165, 1.54) is 0 Å². The molecule has 0 spiro atoms. The Morgan fingerprint density at radius 2 is 2.29 bits per heavy atom. The number of rotatable bonds is 2. The van der Waals surface area contributed by atoms with Crippen molar-refractivity contribution in [2.45, 2.75) is 5.88 Å². The Kier molecular flexibility index (Phi) is 2.61. The van der Waals surface area contributed by atoms with Gasteiger partial charge in [0.15, 0.2) is 0 Å². The van der Waals surface area contributed by atoms with Crippen molar-refractivity contribution in [2.75, 3.05) is 0 Å². The van der Waals surface area contributed by atoms with Crippen molar-refractivity contribution in [1.29, 1.82) is 0 Å². The first-order valence-electron chi connectivity index (χ1n) is 5.20. The summed E-state index contributed by atoms with van der Waals surface area (Å²) < 4.78 is 2.00. The van der Waals surface area contributed by atoms with Crippen LogP contribution in [-0.2, 0) is 12.9 Å². The fourth-order valence-electron chi connectivity index (χ4n) is 1.80. The third kappa shape index (κ3) is 1.83. The van der Waals surface area contributed by atoms with Crippen LogP contribution in [0.1, 0.15) is 5.01 Å². The van der Waals surface area contributed by atoms with Crippen molar-refractivity contribution in [3.05, 3.63) is 34.9 Å². The van der Waals surface area contributed by atoms with Crippen LogP contribution < -0.4 is 0 Å². The number of nitrogens with zero attached hydrogens (tertiary/aromatic N) is 3. The molecule has 86 valence electrons. The summed E-state index contributed by atoms with van der Waals surface area (Å²) in [5.41, 5.74) is 4.17. The monoisotopic (exact) mass is 263 g/mol. The van der Waals surface area contributed by atoms with Gasteiger partial charge < -0.3 is 4.57 Å². The number of hydrogen-bond donors (Lipinski definition) is 0. The van der Waals surface area contributed by atoms with Crippen molar-refractivity contribution in [3.8, 4) is 11.3 Å². The molecule has 0 aliphatic carbocycles. The number of halogens is 1. The van der Waals surface area contributed by atoms with Crippen LogP contribution in [0, 0.1) is 0 Å². The van der Waals surface area contributed by atoms with E-state index >= 15 is 0 Å². The Labute approximate surface area is 108 Å². The van der Waals surface area contributed by atoms with Crippen LogP contribution in [0.15, 0.2) is 29.9 Å². The molecule has 0 unspecified atom stereocenters. The van der Waals surface area contributed by atoms with Crippen molar-refractivity contribution < 1.29 is 0 Å². The Morgan fingerprint density at radius 1 is 1.41 bits per heavy atom. The fraction of sp³-hybridized carbons (Fsp3) is 0.167. The molecule has 1 aromatic carbocycles. The lowest BCUT2D eigenvalue weighted by atomic mass is 10.1. The highest BCUT2D eigenvalue weighted by atomic mass is 35.5. The molecular formula is C12H10ClN3S. The summed E-state index contributed by atoms with van der Waals surface area (Å²) in [7, 11) is 1.99. The van der Waals surface area contributed by atoms with Crippen molar-refractivity contribution in [3.63, 3.8) is 0 Å². The Hall–Kier alpha value is -1.39. The summed E-state index contributed by atoms with van der Waals surface area (Å²) in [4.78, 5) is 8.81. The molecule has 0 saturated carbocycles. The van der Waals surface area contributed by atoms with Crippen LogP contribution in [0.2, 0.25) is 0 Å². The standard InChI is InChI=1S/C12H10ClN3S/c1-16-7-14-9-4-8(2-3-11(9)16)10-6-17-12(5-13)15-10/h2-4,6-7H,5H2,1H3. The van der Waals surface area contributed by atoms with E-state index in [0.29, 0.717) is 5.88 Å². The van der Waals surface area contributed by atoms with Gasteiger partial charge in [-0.3, -0.25) is 0 Å². The zero-order chi connectivity index (χ0) is 11.8. The Morgan fingerprint density at radius 3 is 3.06 bits per heavy atom. The first kappa shape index (κ1) is 10.7. The molecule has 0 amide bonds. The van der Waals surface area contributed by atoms with Crippen molar-refractivity contribution in [1.82, 2.24) is 14.5 Å². The molecule has 3 nitrogen and oxygen atoms in total.